The van der Waals surface area contributed by atoms with Crippen LogP contribution >= 0.6 is 0 Å². The van der Waals surface area contributed by atoms with E-state index < -0.39 is 5.91 Å². The number of hydrogen-bond acceptors (Lipinski definition) is 7. The Kier molecular flexibility index (Phi) is 5.39. The zero-order chi connectivity index (χ0) is 20.3. The van der Waals surface area contributed by atoms with Crippen LogP contribution in [0.1, 0.15) is 21.5 Å². The topological polar surface area (TPSA) is 103 Å². The van der Waals surface area contributed by atoms with Crippen LogP contribution in [0.5, 0.6) is 23.0 Å². The average Bonchev–Trinajstić information content (AvgIpc) is 3.08. The van der Waals surface area contributed by atoms with Crippen molar-refractivity contribution in [3.8, 4) is 23.0 Å². The maximum atomic E-state index is 12.4. The van der Waals surface area contributed by atoms with Gasteiger partial charge in [-0.3, -0.25) is 4.79 Å². The van der Waals surface area contributed by atoms with Gasteiger partial charge in [0.15, 0.2) is 11.5 Å². The highest BCUT2D eigenvalue weighted by atomic mass is 16.5. The Balaban J connectivity index is 1.82. The molecule has 1 amide bonds. The number of benzene rings is 2. The number of phenols is 1. The largest absolute Gasteiger partial charge is 0.506 e. The van der Waals surface area contributed by atoms with E-state index in [0.717, 1.165) is 5.56 Å². The number of carbonyl (C=O) groups excluding carboxylic acids is 1. The van der Waals surface area contributed by atoms with Gasteiger partial charge in [0.1, 0.15) is 11.3 Å². The zero-order valence-electron chi connectivity index (χ0n) is 15.9. The third-order valence-corrected chi connectivity index (χ3v) is 4.21. The van der Waals surface area contributed by atoms with Gasteiger partial charge < -0.3 is 23.7 Å². The molecule has 0 atom stereocenters. The fourth-order valence-corrected chi connectivity index (χ4v) is 2.85. The molecular weight excluding hydrogens is 364 g/mol. The van der Waals surface area contributed by atoms with Crippen LogP contribution < -0.4 is 19.6 Å². The van der Waals surface area contributed by atoms with Gasteiger partial charge in [-0.2, -0.15) is 5.10 Å². The van der Waals surface area contributed by atoms with Crippen LogP contribution in [0.15, 0.2) is 40.0 Å². The number of hydrazone groups is 1. The van der Waals surface area contributed by atoms with Crippen molar-refractivity contribution in [2.45, 2.75) is 6.92 Å². The van der Waals surface area contributed by atoms with Crippen LogP contribution in [-0.4, -0.2) is 38.6 Å². The minimum Gasteiger partial charge on any atom is -0.506 e. The number of hydrogen-bond donors (Lipinski definition) is 2. The Labute approximate surface area is 161 Å². The van der Waals surface area contributed by atoms with E-state index in [1.54, 1.807) is 25.1 Å². The predicted octanol–water partition coefficient (Wildman–Crippen LogP) is 3.24. The Morgan fingerprint density at radius 2 is 1.82 bits per heavy atom. The highest BCUT2D eigenvalue weighted by Crippen LogP contribution is 2.37. The molecule has 0 bridgehead atoms. The number of carbonyl (C=O) groups is 1. The van der Waals surface area contributed by atoms with Crippen LogP contribution in [0, 0.1) is 6.92 Å². The van der Waals surface area contributed by atoms with Gasteiger partial charge in [-0.1, -0.05) is 0 Å². The summed E-state index contributed by atoms with van der Waals surface area (Å²) in [6, 6.07) is 6.48. The maximum absolute atomic E-state index is 12.4. The normalized spacial score (nSPS) is 11.0. The van der Waals surface area contributed by atoms with Gasteiger partial charge in [0.05, 0.1) is 44.8 Å². The van der Waals surface area contributed by atoms with E-state index in [-0.39, 0.29) is 11.3 Å². The van der Waals surface area contributed by atoms with E-state index >= 15 is 0 Å². The molecule has 1 heterocycles. The van der Waals surface area contributed by atoms with Crippen molar-refractivity contribution >= 4 is 23.1 Å². The van der Waals surface area contributed by atoms with Crippen molar-refractivity contribution < 1.29 is 28.5 Å². The van der Waals surface area contributed by atoms with Gasteiger partial charge in [-0.15, -0.1) is 0 Å². The number of furan rings is 1. The van der Waals surface area contributed by atoms with Crippen molar-refractivity contribution in [1.82, 2.24) is 5.43 Å². The summed E-state index contributed by atoms with van der Waals surface area (Å²) >= 11 is 0. The van der Waals surface area contributed by atoms with Crippen LogP contribution in [0.3, 0.4) is 0 Å². The minimum absolute atomic E-state index is 0.0963. The van der Waals surface area contributed by atoms with Gasteiger partial charge in [0.25, 0.3) is 5.91 Å². The standard InChI is InChI=1S/C20H20N2O6/c1-11-10-28-14-6-5-13(18(23)17(11)14)20(24)22-21-9-12-7-15(25-2)19(27-4)16(8-12)26-3/h5-10,23H,1-4H3,(H,22,24). The number of nitrogens with zero attached hydrogens (tertiary/aromatic N) is 1. The zero-order valence-corrected chi connectivity index (χ0v) is 15.9. The number of phenolic OH excluding ortho intramolecular Hbond substituents is 1. The Hall–Kier alpha value is -3.68. The molecule has 28 heavy (non-hydrogen) atoms. The smallest absolute Gasteiger partial charge is 0.275 e. The summed E-state index contributed by atoms with van der Waals surface area (Å²) in [7, 11) is 4.53. The second-order valence-corrected chi connectivity index (χ2v) is 5.91. The monoisotopic (exact) mass is 384 g/mol. The molecule has 0 unspecified atom stereocenters. The first-order valence-corrected chi connectivity index (χ1v) is 8.33. The summed E-state index contributed by atoms with van der Waals surface area (Å²) in [5, 5.41) is 14.8. The number of fused-ring (bicyclic) bond motifs is 1. The summed E-state index contributed by atoms with van der Waals surface area (Å²) in [6.45, 7) is 1.79. The minimum atomic E-state index is -0.552. The first kappa shape index (κ1) is 19.1. The van der Waals surface area contributed by atoms with E-state index in [1.165, 1.54) is 39.9 Å². The Morgan fingerprint density at radius 1 is 1.14 bits per heavy atom. The highest BCUT2D eigenvalue weighted by molar-refractivity contribution is 6.03. The van der Waals surface area contributed by atoms with Crippen molar-refractivity contribution in [3.63, 3.8) is 0 Å². The molecule has 0 radical (unpaired) electrons. The maximum Gasteiger partial charge on any atom is 0.275 e. The van der Waals surface area contributed by atoms with Crippen molar-refractivity contribution in [1.29, 1.82) is 0 Å². The molecule has 3 aromatic rings. The van der Waals surface area contributed by atoms with Gasteiger partial charge >= 0.3 is 0 Å². The second-order valence-electron chi connectivity index (χ2n) is 5.91. The Morgan fingerprint density at radius 3 is 2.43 bits per heavy atom. The fraction of sp³-hybridized carbons (Fsp3) is 0.200. The molecule has 0 aliphatic rings. The molecule has 2 aromatic carbocycles. The number of nitrogens with one attached hydrogen (secondary N) is 1. The molecule has 0 saturated heterocycles. The molecule has 146 valence electrons. The molecular formula is C20H20N2O6. The van der Waals surface area contributed by atoms with Gasteiger partial charge in [0, 0.05) is 5.56 Å². The molecule has 0 spiro atoms. The summed E-state index contributed by atoms with van der Waals surface area (Å²) in [6.07, 6.45) is 2.95. The SMILES string of the molecule is COc1cc(C=NNC(=O)c2ccc3occ(C)c3c2O)cc(OC)c1OC. The van der Waals surface area contributed by atoms with Crippen LogP contribution in [0.2, 0.25) is 0 Å². The molecule has 0 saturated carbocycles. The summed E-state index contributed by atoms with van der Waals surface area (Å²) in [5.74, 6) is 0.689. The molecule has 0 fully saturated rings. The van der Waals surface area contributed by atoms with Crippen molar-refractivity contribution in [2.75, 3.05) is 21.3 Å². The lowest BCUT2D eigenvalue weighted by atomic mass is 10.1. The van der Waals surface area contributed by atoms with Gasteiger partial charge in [-0.05, 0) is 36.8 Å². The highest BCUT2D eigenvalue weighted by Gasteiger charge is 2.17. The first-order chi connectivity index (χ1) is 13.5. The molecule has 2 N–H and O–H groups in total. The predicted molar refractivity (Wildman–Crippen MR) is 104 cm³/mol. The van der Waals surface area contributed by atoms with Gasteiger partial charge in [0.2, 0.25) is 5.75 Å². The number of rotatable bonds is 6. The van der Waals surface area contributed by atoms with E-state index in [2.05, 4.69) is 10.5 Å². The summed E-state index contributed by atoms with van der Waals surface area (Å²) in [5.41, 5.74) is 4.36. The van der Waals surface area contributed by atoms with E-state index in [0.29, 0.717) is 33.8 Å². The van der Waals surface area contributed by atoms with Crippen molar-refractivity contribution in [3.05, 3.63) is 47.2 Å². The third-order valence-electron chi connectivity index (χ3n) is 4.21. The average molecular weight is 384 g/mol. The molecule has 3 rings (SSSR count). The second kappa shape index (κ2) is 7.91. The number of aromatic hydroxyl groups is 1. The lowest BCUT2D eigenvalue weighted by molar-refractivity contribution is 0.0952. The first-order valence-electron chi connectivity index (χ1n) is 8.33. The van der Waals surface area contributed by atoms with Crippen LogP contribution in [0.25, 0.3) is 11.0 Å². The lowest BCUT2D eigenvalue weighted by Gasteiger charge is -2.12. The molecule has 0 aliphatic carbocycles. The number of amides is 1. The number of aryl methyl sites for hydroxylation is 1. The van der Waals surface area contributed by atoms with E-state index in [1.807, 2.05) is 0 Å². The van der Waals surface area contributed by atoms with Gasteiger partial charge in [-0.25, -0.2) is 5.43 Å². The van der Waals surface area contributed by atoms with E-state index in [9.17, 15) is 9.90 Å². The summed E-state index contributed by atoms with van der Waals surface area (Å²) in [4.78, 5) is 12.4. The summed E-state index contributed by atoms with van der Waals surface area (Å²) < 4.78 is 21.1. The van der Waals surface area contributed by atoms with Crippen molar-refractivity contribution in [2.24, 2.45) is 5.10 Å². The van der Waals surface area contributed by atoms with E-state index in [4.69, 9.17) is 18.6 Å². The van der Waals surface area contributed by atoms with Crippen LogP contribution in [-0.2, 0) is 0 Å². The quantitative estimate of drug-likeness (QED) is 0.500. The Bertz CT molecular complexity index is 1030. The molecule has 1 aromatic heterocycles. The molecule has 0 aliphatic heterocycles. The molecule has 8 nitrogen and oxygen atoms in total. The number of ether oxygens (including phenoxy) is 3. The molecule has 8 heteroatoms. The number of methoxy groups -OCH3 is 3. The van der Waals surface area contributed by atoms with Crippen LogP contribution in [0.4, 0.5) is 0 Å². The fourth-order valence-electron chi connectivity index (χ4n) is 2.85. The lowest BCUT2D eigenvalue weighted by Crippen LogP contribution is -2.17. The third kappa shape index (κ3) is 3.44.